The van der Waals surface area contributed by atoms with Crippen molar-refractivity contribution in [3.63, 3.8) is 0 Å². The van der Waals surface area contributed by atoms with Gasteiger partial charge in [0.1, 0.15) is 5.54 Å². The van der Waals surface area contributed by atoms with Gasteiger partial charge in [0.05, 0.1) is 0 Å². The second-order valence-electron chi connectivity index (χ2n) is 7.32. The van der Waals surface area contributed by atoms with Crippen LogP contribution in [0.5, 0.6) is 0 Å². The molecule has 0 aromatic rings. The molecule has 6 nitrogen and oxygen atoms in total. The van der Waals surface area contributed by atoms with Crippen molar-refractivity contribution < 1.29 is 9.59 Å². The number of carbonyl (C=O) groups excluding carboxylic acids is 2. The van der Waals surface area contributed by atoms with Crippen LogP contribution in [-0.2, 0) is 4.79 Å². The number of hydrogen-bond acceptors (Lipinski definition) is 4. The molecule has 3 aliphatic heterocycles. The van der Waals surface area contributed by atoms with E-state index in [2.05, 4.69) is 22.5 Å². The Balaban J connectivity index is 1.57. The Morgan fingerprint density at radius 2 is 1.87 bits per heavy atom. The Hall–Kier alpha value is -1.14. The lowest BCUT2D eigenvalue weighted by atomic mass is 9.87. The van der Waals surface area contributed by atoms with Crippen molar-refractivity contribution in [1.29, 1.82) is 0 Å². The Kier molecular flexibility index (Phi) is 5.21. The zero-order valence-electron chi connectivity index (χ0n) is 14.3. The molecule has 0 aliphatic carbocycles. The third-order valence-corrected chi connectivity index (χ3v) is 5.68. The molecule has 0 atom stereocenters. The van der Waals surface area contributed by atoms with Crippen molar-refractivity contribution in [2.45, 2.75) is 51.0 Å². The van der Waals surface area contributed by atoms with E-state index in [0.717, 1.165) is 58.4 Å². The maximum atomic E-state index is 12.9. The molecule has 3 rings (SSSR count). The minimum atomic E-state index is -0.618. The van der Waals surface area contributed by atoms with Crippen molar-refractivity contribution in [2.24, 2.45) is 5.92 Å². The van der Waals surface area contributed by atoms with E-state index in [1.807, 2.05) is 0 Å². The first-order valence-corrected chi connectivity index (χ1v) is 9.22. The molecule has 0 bridgehead atoms. The van der Waals surface area contributed by atoms with Gasteiger partial charge in [-0.25, -0.2) is 4.79 Å². The van der Waals surface area contributed by atoms with Crippen LogP contribution in [0.4, 0.5) is 4.79 Å². The SMILES string of the molecule is CCCCN1CCC2(CC1)NC(=O)N(CC1CCNCC1)C2=O. The minimum Gasteiger partial charge on any atom is -0.323 e. The molecule has 3 saturated heterocycles. The maximum Gasteiger partial charge on any atom is 0.325 e. The van der Waals surface area contributed by atoms with Gasteiger partial charge in [0, 0.05) is 19.6 Å². The molecule has 130 valence electrons. The number of unbranched alkanes of at least 4 members (excludes halogenated alkanes) is 1. The van der Waals surface area contributed by atoms with Crippen molar-refractivity contribution in [3.8, 4) is 0 Å². The number of nitrogens with zero attached hydrogens (tertiary/aromatic N) is 2. The first-order valence-electron chi connectivity index (χ1n) is 9.22. The third-order valence-electron chi connectivity index (χ3n) is 5.68. The molecule has 3 fully saturated rings. The smallest absolute Gasteiger partial charge is 0.323 e. The topological polar surface area (TPSA) is 64.7 Å². The number of likely N-dealkylation sites (tertiary alicyclic amines) is 1. The van der Waals surface area contributed by atoms with Crippen molar-refractivity contribution in [1.82, 2.24) is 20.4 Å². The second-order valence-corrected chi connectivity index (χ2v) is 7.32. The molecule has 3 amide bonds. The predicted molar refractivity (Wildman–Crippen MR) is 89.2 cm³/mol. The van der Waals surface area contributed by atoms with Gasteiger partial charge in [-0.05, 0) is 57.7 Å². The molecule has 3 heterocycles. The first-order chi connectivity index (χ1) is 11.1. The molecule has 0 aromatic carbocycles. The summed E-state index contributed by atoms with van der Waals surface area (Å²) in [4.78, 5) is 29.2. The van der Waals surface area contributed by atoms with Gasteiger partial charge in [-0.1, -0.05) is 13.3 Å². The first kappa shape index (κ1) is 16.7. The normalized spacial score (nSPS) is 26.0. The average Bonchev–Trinajstić information content (AvgIpc) is 2.80. The quantitative estimate of drug-likeness (QED) is 0.746. The Morgan fingerprint density at radius 3 is 2.52 bits per heavy atom. The van der Waals surface area contributed by atoms with E-state index in [9.17, 15) is 9.59 Å². The summed E-state index contributed by atoms with van der Waals surface area (Å²) in [6.45, 7) is 7.70. The van der Waals surface area contributed by atoms with Crippen LogP contribution < -0.4 is 10.6 Å². The van der Waals surface area contributed by atoms with Gasteiger partial charge < -0.3 is 15.5 Å². The molecule has 0 saturated carbocycles. The van der Waals surface area contributed by atoms with E-state index < -0.39 is 5.54 Å². The predicted octanol–water partition coefficient (Wildman–Crippen LogP) is 1.17. The van der Waals surface area contributed by atoms with Gasteiger partial charge >= 0.3 is 6.03 Å². The lowest BCUT2D eigenvalue weighted by molar-refractivity contribution is -0.133. The molecule has 0 aromatic heterocycles. The zero-order chi connectivity index (χ0) is 16.3. The summed E-state index contributed by atoms with van der Waals surface area (Å²) in [6, 6.07) is -0.171. The maximum absolute atomic E-state index is 12.9. The van der Waals surface area contributed by atoms with Gasteiger partial charge in [0.25, 0.3) is 5.91 Å². The van der Waals surface area contributed by atoms with Gasteiger partial charge in [0.15, 0.2) is 0 Å². The van der Waals surface area contributed by atoms with E-state index in [-0.39, 0.29) is 11.9 Å². The summed E-state index contributed by atoms with van der Waals surface area (Å²) >= 11 is 0. The van der Waals surface area contributed by atoms with Crippen molar-refractivity contribution in [3.05, 3.63) is 0 Å². The average molecular weight is 322 g/mol. The number of hydrogen-bond donors (Lipinski definition) is 2. The van der Waals surface area contributed by atoms with E-state index >= 15 is 0 Å². The lowest BCUT2D eigenvalue weighted by Gasteiger charge is -2.37. The van der Waals surface area contributed by atoms with Crippen LogP contribution in [-0.4, -0.2) is 66.5 Å². The highest BCUT2D eigenvalue weighted by molar-refractivity contribution is 6.07. The van der Waals surface area contributed by atoms with Crippen LogP contribution in [0.15, 0.2) is 0 Å². The number of imide groups is 1. The van der Waals surface area contributed by atoms with E-state index in [1.165, 1.54) is 17.7 Å². The number of amides is 3. The molecule has 23 heavy (non-hydrogen) atoms. The highest BCUT2D eigenvalue weighted by atomic mass is 16.2. The summed E-state index contributed by atoms with van der Waals surface area (Å²) < 4.78 is 0. The monoisotopic (exact) mass is 322 g/mol. The van der Waals surface area contributed by atoms with E-state index in [4.69, 9.17) is 0 Å². The fraction of sp³-hybridized carbons (Fsp3) is 0.882. The number of nitrogens with one attached hydrogen (secondary N) is 2. The Morgan fingerprint density at radius 1 is 1.17 bits per heavy atom. The van der Waals surface area contributed by atoms with Crippen LogP contribution in [0.1, 0.15) is 45.4 Å². The molecule has 1 spiro atoms. The molecule has 3 aliphatic rings. The van der Waals surface area contributed by atoms with Gasteiger partial charge in [-0.15, -0.1) is 0 Å². The van der Waals surface area contributed by atoms with Crippen LogP contribution in [0.25, 0.3) is 0 Å². The summed E-state index contributed by atoms with van der Waals surface area (Å²) in [7, 11) is 0. The summed E-state index contributed by atoms with van der Waals surface area (Å²) in [6.07, 6.45) is 6.01. The molecular weight excluding hydrogens is 292 g/mol. The third kappa shape index (κ3) is 3.53. The molecule has 0 radical (unpaired) electrons. The second kappa shape index (κ2) is 7.18. The number of carbonyl (C=O) groups is 2. The Labute approximate surface area is 139 Å². The minimum absolute atomic E-state index is 0.0242. The fourth-order valence-corrected chi connectivity index (χ4v) is 4.04. The highest BCUT2D eigenvalue weighted by Gasteiger charge is 2.52. The van der Waals surface area contributed by atoms with Crippen LogP contribution in [0.3, 0.4) is 0 Å². The molecule has 0 unspecified atom stereocenters. The summed E-state index contributed by atoms with van der Waals surface area (Å²) in [5.41, 5.74) is -0.618. The largest absolute Gasteiger partial charge is 0.325 e. The van der Waals surface area contributed by atoms with Crippen molar-refractivity contribution >= 4 is 11.9 Å². The van der Waals surface area contributed by atoms with Crippen LogP contribution in [0, 0.1) is 5.92 Å². The standard InChI is InChI=1S/C17H30N4O2/c1-2-3-10-20-11-6-17(7-12-20)15(22)21(16(23)19-17)13-14-4-8-18-9-5-14/h14,18H,2-13H2,1H3,(H,19,23). The number of rotatable bonds is 5. The number of piperidine rings is 2. The zero-order valence-corrected chi connectivity index (χ0v) is 14.3. The number of urea groups is 1. The molecule has 6 heteroatoms. The lowest BCUT2D eigenvalue weighted by Crippen LogP contribution is -2.55. The van der Waals surface area contributed by atoms with Crippen LogP contribution in [0.2, 0.25) is 0 Å². The van der Waals surface area contributed by atoms with Gasteiger partial charge in [-0.3, -0.25) is 9.69 Å². The van der Waals surface area contributed by atoms with Gasteiger partial charge in [0.2, 0.25) is 0 Å². The summed E-state index contributed by atoms with van der Waals surface area (Å²) in [5.74, 6) is 0.474. The molecular formula is C17H30N4O2. The van der Waals surface area contributed by atoms with Crippen LogP contribution >= 0.6 is 0 Å². The summed E-state index contributed by atoms with van der Waals surface area (Å²) in [5, 5.41) is 6.36. The fourth-order valence-electron chi connectivity index (χ4n) is 4.04. The van der Waals surface area contributed by atoms with E-state index in [1.54, 1.807) is 0 Å². The highest BCUT2D eigenvalue weighted by Crippen LogP contribution is 2.30. The van der Waals surface area contributed by atoms with E-state index in [0.29, 0.717) is 12.5 Å². The van der Waals surface area contributed by atoms with Crippen molar-refractivity contribution in [2.75, 3.05) is 39.3 Å². The molecule has 2 N–H and O–H groups in total. The Bertz CT molecular complexity index is 440. The van der Waals surface area contributed by atoms with Gasteiger partial charge in [-0.2, -0.15) is 0 Å².